The zero-order chi connectivity index (χ0) is 73.4. The number of rotatable bonds is 15. The van der Waals surface area contributed by atoms with Gasteiger partial charge in [-0.15, -0.1) is 0 Å². The zero-order valence-electron chi connectivity index (χ0n) is 61.5. The molecule has 9 aromatic rings. The van der Waals surface area contributed by atoms with Crippen LogP contribution in [0.4, 0.5) is 34.5 Å². The fourth-order valence-electron chi connectivity index (χ4n) is 15.9. The Bertz CT molecular complexity index is 4690. The van der Waals surface area contributed by atoms with E-state index in [9.17, 15) is 19.5 Å². The number of carbonyl (C=O) groups excluding carboxylic acids is 3. The number of piperazine rings is 3. The van der Waals surface area contributed by atoms with Gasteiger partial charge in [0.2, 0.25) is 17.7 Å². The van der Waals surface area contributed by atoms with Crippen molar-refractivity contribution in [2.45, 2.75) is 70.9 Å². The van der Waals surface area contributed by atoms with Crippen molar-refractivity contribution in [3.05, 3.63) is 194 Å². The van der Waals surface area contributed by atoms with E-state index < -0.39 is 0 Å². The van der Waals surface area contributed by atoms with Crippen molar-refractivity contribution in [3.8, 4) is 17.8 Å². The molecule has 2 atom stereocenters. The lowest BCUT2D eigenvalue weighted by Crippen LogP contribution is -2.49. The zero-order valence-corrected chi connectivity index (χ0v) is 61.5. The van der Waals surface area contributed by atoms with Gasteiger partial charge in [0, 0.05) is 173 Å². The fourth-order valence-corrected chi connectivity index (χ4v) is 15.9. The lowest BCUT2D eigenvalue weighted by atomic mass is 10.0. The average molecular weight is 1430 g/mol. The average Bonchev–Trinajstić information content (AvgIpc) is 0.773. The van der Waals surface area contributed by atoms with Gasteiger partial charge in [0.05, 0.1) is 48.6 Å². The number of hydrogen-bond donors (Lipinski definition) is 1. The van der Waals surface area contributed by atoms with E-state index in [0.717, 1.165) is 172 Å². The van der Waals surface area contributed by atoms with Crippen LogP contribution in [-0.4, -0.2) is 233 Å². The van der Waals surface area contributed by atoms with Crippen molar-refractivity contribution in [3.63, 3.8) is 0 Å². The Labute approximate surface area is 620 Å². The lowest BCUT2D eigenvalue weighted by Gasteiger charge is -2.38. The number of benzene rings is 5. The maximum Gasteiger partial charge on any atom is 0.318 e. The van der Waals surface area contributed by atoms with Gasteiger partial charge in [0.25, 0.3) is 0 Å². The molecule has 1 N–H and O–H groups in total. The number of fused-ring (bicyclic) bond motifs is 6. The number of phenolic OH excluding ortho intramolecular Hbond substituents is 1. The van der Waals surface area contributed by atoms with Crippen molar-refractivity contribution >= 4 is 84.6 Å². The first-order valence-electron chi connectivity index (χ1n) is 37.2. The normalized spacial score (nSPS) is 17.9. The molecular weight excluding hydrogens is 1330 g/mol. The number of likely N-dealkylation sites (tertiary alicyclic amines) is 1. The van der Waals surface area contributed by atoms with Gasteiger partial charge in [-0.1, -0.05) is 105 Å². The number of likely N-dealkylation sites (N-methyl/N-ethyl adjacent to an activating group) is 2. The molecule has 16 rings (SSSR count). The molecule has 0 bridgehead atoms. The molecule has 3 amide bonds. The molecule has 0 saturated carbocycles. The molecular formula is C82H96N18O6. The second-order valence-corrected chi connectivity index (χ2v) is 28.6. The SMILES string of the molecule is C=CC(=O)N1CCN(c2nc(O[C@@H]3CCCN(C)C3)nc3c2CCN(c2cc(O)cc4ccccc24)C3)CC1.C=CC(=O)N1CCN(c2nc(O[C@H](C)CN(C)C)nc3c2CCN(c2cccc4ccccc24)C3)CC1.C=CC(=O)N1CCN(c2ncnc3c2CCN(c2cncc4ccccc24)C3)CC1. The standard InChI is InChI=1S/C30H36N6O3.C29H36N6O2.C23H24N6O/c1-3-28(38)34-13-15-35(16-14-34)29-25-10-12-36(27-18-22(37)17-21-7-4-5-9-24(21)27)20-26(25)31-30(32-29)39-23-8-6-11-33(2)19-23;1-5-27(36)33-15-17-34(18-16-33)28-24-13-14-35(26-12-8-10-22-9-6-7-11-23(22)26)20-25(24)30-29(31-28)37-21(2)19-32(3)4;1-2-22(30)27-9-11-28(12-10-27)23-19-7-8-29(15-20(19)25-16-26-23)21-14-24-13-17-5-3-4-6-18(17)21/h3-5,7,9,17-18,23,37H,1,6,8,10-16,19-20H2,2H3;5-12,21H,1,13-20H2,2-4H3;2-6,13-14,16H,1,7-12,15H2/t23-;21-;/m11./s1. The van der Waals surface area contributed by atoms with Crippen molar-refractivity contribution in [1.82, 2.24) is 59.4 Å². The number of piperidine rings is 1. The molecule has 24 heteroatoms. The van der Waals surface area contributed by atoms with E-state index >= 15 is 0 Å². The minimum Gasteiger partial charge on any atom is -0.508 e. The highest BCUT2D eigenvalue weighted by Gasteiger charge is 2.34. The first-order chi connectivity index (χ1) is 51.6. The highest BCUT2D eigenvalue weighted by Crippen LogP contribution is 2.39. The van der Waals surface area contributed by atoms with Gasteiger partial charge < -0.3 is 68.5 Å². The summed E-state index contributed by atoms with van der Waals surface area (Å²) in [4.78, 5) is 93.4. The third kappa shape index (κ3) is 16.1. The maximum absolute atomic E-state index is 12.1. The summed E-state index contributed by atoms with van der Waals surface area (Å²) in [6.07, 6.45) is 14.3. The number of ether oxygens (including phenoxy) is 2. The summed E-state index contributed by atoms with van der Waals surface area (Å²) in [6, 6.07) is 36.0. The Kier molecular flexibility index (Phi) is 22.1. The van der Waals surface area contributed by atoms with Crippen LogP contribution in [-0.2, 0) is 53.3 Å². The van der Waals surface area contributed by atoms with Gasteiger partial charge >= 0.3 is 12.0 Å². The molecule has 0 radical (unpaired) electrons. The molecule has 7 aliphatic heterocycles. The molecule has 24 nitrogen and oxygen atoms in total. The Morgan fingerprint density at radius 2 is 1.00 bits per heavy atom. The lowest BCUT2D eigenvalue weighted by molar-refractivity contribution is -0.127. The number of hydrogen-bond acceptors (Lipinski definition) is 21. The third-order valence-electron chi connectivity index (χ3n) is 21.3. The summed E-state index contributed by atoms with van der Waals surface area (Å²) < 4.78 is 12.6. The predicted molar refractivity (Wildman–Crippen MR) is 418 cm³/mol. The molecule has 0 spiro atoms. The molecule has 0 unspecified atom stereocenters. The first-order valence-corrected chi connectivity index (χ1v) is 37.2. The largest absolute Gasteiger partial charge is 0.508 e. The van der Waals surface area contributed by atoms with Crippen LogP contribution in [0, 0.1) is 0 Å². The molecule has 550 valence electrons. The van der Waals surface area contributed by atoms with Crippen LogP contribution in [0.5, 0.6) is 17.8 Å². The molecule has 106 heavy (non-hydrogen) atoms. The maximum atomic E-state index is 12.1. The van der Waals surface area contributed by atoms with E-state index in [2.05, 4.69) is 148 Å². The second-order valence-electron chi connectivity index (χ2n) is 28.6. The van der Waals surface area contributed by atoms with Crippen molar-refractivity contribution in [2.75, 3.05) is 168 Å². The molecule has 7 aliphatic rings. The summed E-state index contributed by atoms with van der Waals surface area (Å²) in [5.74, 6) is 3.09. The summed E-state index contributed by atoms with van der Waals surface area (Å²) >= 11 is 0. The van der Waals surface area contributed by atoms with Crippen molar-refractivity contribution in [1.29, 1.82) is 0 Å². The van der Waals surface area contributed by atoms with Crippen molar-refractivity contribution in [2.24, 2.45) is 0 Å². The number of pyridine rings is 1. The molecule has 5 aromatic carbocycles. The number of nitrogens with zero attached hydrogens (tertiary/aromatic N) is 18. The quantitative estimate of drug-likeness (QED) is 0.0948. The summed E-state index contributed by atoms with van der Waals surface area (Å²) in [5, 5.41) is 17.4. The van der Waals surface area contributed by atoms with Gasteiger partial charge in [-0.25, -0.2) is 9.97 Å². The number of carbonyl (C=O) groups is 3. The van der Waals surface area contributed by atoms with Crippen LogP contribution >= 0.6 is 0 Å². The van der Waals surface area contributed by atoms with E-state index in [4.69, 9.17) is 29.4 Å². The fraction of sp³-hybridized carbons (Fsp3) is 0.390. The number of phenols is 1. The minimum absolute atomic E-state index is 0.00120. The minimum atomic E-state index is -0.0410. The Hall–Kier alpha value is -11.0. The Morgan fingerprint density at radius 1 is 0.519 bits per heavy atom. The predicted octanol–water partition coefficient (Wildman–Crippen LogP) is 8.98. The van der Waals surface area contributed by atoms with Crippen LogP contribution in [0.25, 0.3) is 32.3 Å². The van der Waals surface area contributed by atoms with E-state index in [0.29, 0.717) is 77.5 Å². The number of anilines is 6. The molecule has 4 saturated heterocycles. The topological polar surface area (TPSA) is 216 Å². The van der Waals surface area contributed by atoms with Crippen LogP contribution in [0.2, 0.25) is 0 Å². The first kappa shape index (κ1) is 72.0. The summed E-state index contributed by atoms with van der Waals surface area (Å²) in [7, 11) is 6.19. The third-order valence-corrected chi connectivity index (χ3v) is 21.3. The van der Waals surface area contributed by atoms with E-state index in [1.165, 1.54) is 51.2 Å². The molecule has 11 heterocycles. The van der Waals surface area contributed by atoms with Crippen LogP contribution in [0.1, 0.15) is 53.5 Å². The van der Waals surface area contributed by atoms with Gasteiger partial charge in [-0.3, -0.25) is 19.4 Å². The monoisotopic (exact) mass is 1430 g/mol. The van der Waals surface area contributed by atoms with Crippen LogP contribution < -0.4 is 38.9 Å². The molecule has 4 aromatic heterocycles. The van der Waals surface area contributed by atoms with E-state index in [-0.39, 0.29) is 35.7 Å². The summed E-state index contributed by atoms with van der Waals surface area (Å²) in [5.41, 5.74) is 9.99. The summed E-state index contributed by atoms with van der Waals surface area (Å²) in [6.45, 7) is 28.6. The highest BCUT2D eigenvalue weighted by molar-refractivity contribution is 5.97. The van der Waals surface area contributed by atoms with Crippen LogP contribution in [0.3, 0.4) is 0 Å². The number of aromatic nitrogens is 7. The van der Waals surface area contributed by atoms with Crippen molar-refractivity contribution < 1.29 is 29.0 Å². The molecule has 0 aliphatic carbocycles. The number of amides is 3. The van der Waals surface area contributed by atoms with E-state index in [1.807, 2.05) is 78.4 Å². The van der Waals surface area contributed by atoms with Gasteiger partial charge in [0.15, 0.2) is 0 Å². The van der Waals surface area contributed by atoms with Gasteiger partial charge in [-0.05, 0) is 108 Å². The van der Waals surface area contributed by atoms with E-state index in [1.54, 1.807) is 12.4 Å². The smallest absolute Gasteiger partial charge is 0.318 e. The van der Waals surface area contributed by atoms with Gasteiger partial charge in [-0.2, -0.15) is 19.9 Å². The van der Waals surface area contributed by atoms with Gasteiger partial charge in [0.1, 0.15) is 41.7 Å². The molecule has 4 fully saturated rings. The van der Waals surface area contributed by atoms with Crippen LogP contribution in [0.15, 0.2) is 160 Å². The second kappa shape index (κ2) is 32.6. The Balaban J connectivity index is 0.000000135. The Morgan fingerprint density at radius 3 is 1.58 bits per heavy atom. The highest BCUT2D eigenvalue weighted by atomic mass is 16.5. The number of aromatic hydroxyl groups is 1.